The number of likely N-dealkylation sites (N-methyl/N-ethyl adjacent to an activating group) is 1. The van der Waals surface area contributed by atoms with Crippen molar-refractivity contribution in [3.8, 4) is 17.2 Å². The fraction of sp³-hybridized carbons (Fsp3) is 0.0909. The van der Waals surface area contributed by atoms with E-state index in [-0.39, 0.29) is 29.2 Å². The number of hydrogen-bond donors (Lipinski definition) is 1. The van der Waals surface area contributed by atoms with Crippen molar-refractivity contribution in [2.45, 2.75) is 10.4 Å². The Morgan fingerprint density at radius 3 is 2.26 bits per heavy atom. The number of hydrogen-bond acceptors (Lipinski definition) is 5. The van der Waals surface area contributed by atoms with Crippen molar-refractivity contribution in [3.05, 3.63) is 83.7 Å². The summed E-state index contributed by atoms with van der Waals surface area (Å²) in [4.78, 5) is 20.5. The fourth-order valence-electron chi connectivity index (χ4n) is 3.77. The SMILES string of the molecule is CN1C(=O)C(c2ccc(S(F)(F)(F)(F)F)cc2)(c2cccc(-c3cnccc3C#N)c2)N=C1N. The first kappa shape index (κ1) is 23.2. The minimum absolute atomic E-state index is 0.0840. The van der Waals surface area contributed by atoms with Crippen LogP contribution in [-0.4, -0.2) is 28.8 Å². The maximum absolute atomic E-state index is 13.3. The lowest BCUT2D eigenvalue weighted by Crippen LogP contribution is -2.41. The standard InChI is InChI=1S/C22H16F5N5OS/c1-32-20(33)22(31-21(32)29,16-5-7-18(8-6-16)34(23,24,25,26)27)17-4-2-3-14(11-17)19-13-30-10-9-15(19)12-28/h2-11,13H,1H3,(H2,29,31). The Bertz CT molecular complexity index is 1400. The number of rotatable bonds is 4. The summed E-state index contributed by atoms with van der Waals surface area (Å²) in [5.41, 5.74) is 5.33. The van der Waals surface area contributed by atoms with Gasteiger partial charge < -0.3 is 5.73 Å². The van der Waals surface area contributed by atoms with Crippen LogP contribution < -0.4 is 5.73 Å². The van der Waals surface area contributed by atoms with Gasteiger partial charge in [-0.1, -0.05) is 49.8 Å². The lowest BCUT2D eigenvalue weighted by molar-refractivity contribution is -0.129. The summed E-state index contributed by atoms with van der Waals surface area (Å²) < 4.78 is 66.2. The minimum atomic E-state index is -9.92. The maximum atomic E-state index is 13.3. The molecule has 3 aromatic rings. The van der Waals surface area contributed by atoms with Gasteiger partial charge >= 0.3 is 10.2 Å². The molecule has 1 aromatic heterocycles. The van der Waals surface area contributed by atoms with Gasteiger partial charge in [0, 0.05) is 25.0 Å². The van der Waals surface area contributed by atoms with Crippen LogP contribution >= 0.6 is 10.2 Å². The van der Waals surface area contributed by atoms with Crippen LogP contribution in [0.15, 0.2) is 76.9 Å². The number of aromatic nitrogens is 1. The molecular weight excluding hydrogens is 477 g/mol. The third-order valence-corrected chi connectivity index (χ3v) is 6.65. The number of carbonyl (C=O) groups is 1. The summed E-state index contributed by atoms with van der Waals surface area (Å²) in [5, 5.41) is 9.41. The van der Waals surface area contributed by atoms with Gasteiger partial charge in [-0.15, -0.1) is 0 Å². The van der Waals surface area contributed by atoms with Crippen LogP contribution in [0.1, 0.15) is 16.7 Å². The van der Waals surface area contributed by atoms with Crippen LogP contribution in [0.2, 0.25) is 0 Å². The van der Waals surface area contributed by atoms with Crippen molar-refractivity contribution in [1.82, 2.24) is 9.88 Å². The van der Waals surface area contributed by atoms with E-state index in [0.29, 0.717) is 16.7 Å². The number of halogens is 5. The van der Waals surface area contributed by atoms with E-state index in [1.54, 1.807) is 12.1 Å². The van der Waals surface area contributed by atoms with Crippen LogP contribution in [0, 0.1) is 11.3 Å². The molecule has 2 heterocycles. The van der Waals surface area contributed by atoms with E-state index < -0.39 is 26.6 Å². The van der Waals surface area contributed by atoms with Crippen LogP contribution in [-0.2, 0) is 10.3 Å². The van der Waals surface area contributed by atoms with E-state index in [1.807, 2.05) is 6.07 Å². The molecule has 1 amide bonds. The van der Waals surface area contributed by atoms with Gasteiger partial charge in [0.1, 0.15) is 4.90 Å². The van der Waals surface area contributed by atoms with Crippen LogP contribution in [0.5, 0.6) is 0 Å². The minimum Gasteiger partial charge on any atom is -0.369 e. The first-order valence-corrected chi connectivity index (χ1v) is 11.6. The second-order valence-electron chi connectivity index (χ2n) is 7.65. The van der Waals surface area contributed by atoms with E-state index in [9.17, 15) is 29.5 Å². The van der Waals surface area contributed by atoms with Crippen molar-refractivity contribution in [1.29, 1.82) is 5.26 Å². The van der Waals surface area contributed by atoms with Crippen LogP contribution in [0.4, 0.5) is 19.4 Å². The number of nitrogens with zero attached hydrogens (tertiary/aromatic N) is 4. The topological polar surface area (TPSA) is 95.4 Å². The maximum Gasteiger partial charge on any atom is 0.310 e. The average Bonchev–Trinajstić information content (AvgIpc) is 3.02. The summed E-state index contributed by atoms with van der Waals surface area (Å²) in [7, 11) is -8.58. The molecule has 12 heteroatoms. The Kier molecular flexibility index (Phi) is 4.62. The number of carbonyl (C=O) groups excluding carboxylic acids is 1. The van der Waals surface area contributed by atoms with Gasteiger partial charge in [0.2, 0.25) is 0 Å². The van der Waals surface area contributed by atoms with E-state index in [4.69, 9.17) is 5.73 Å². The molecule has 1 atom stereocenters. The molecule has 0 radical (unpaired) electrons. The van der Waals surface area contributed by atoms with Gasteiger partial charge in [0.15, 0.2) is 11.5 Å². The first-order chi connectivity index (χ1) is 15.7. The van der Waals surface area contributed by atoms with Crippen molar-refractivity contribution in [3.63, 3.8) is 0 Å². The summed E-state index contributed by atoms with van der Waals surface area (Å²) in [6, 6.07) is 11.9. The Morgan fingerprint density at radius 2 is 1.71 bits per heavy atom. The monoisotopic (exact) mass is 493 g/mol. The molecule has 0 saturated carbocycles. The molecule has 2 N–H and O–H groups in total. The van der Waals surface area contributed by atoms with Crippen molar-refractivity contribution < 1.29 is 24.2 Å². The van der Waals surface area contributed by atoms with Gasteiger partial charge in [0.05, 0.1) is 11.6 Å². The summed E-state index contributed by atoms with van der Waals surface area (Å²) >= 11 is 0. The summed E-state index contributed by atoms with van der Waals surface area (Å²) in [6.07, 6.45) is 2.89. The molecule has 1 aliphatic heterocycles. The molecule has 0 spiro atoms. The Labute approximate surface area is 190 Å². The second-order valence-corrected chi connectivity index (χ2v) is 10.1. The molecule has 34 heavy (non-hydrogen) atoms. The number of nitriles is 1. The predicted molar refractivity (Wildman–Crippen MR) is 117 cm³/mol. The molecule has 0 fully saturated rings. The molecule has 0 aliphatic carbocycles. The molecular formula is C22H16F5N5OS. The van der Waals surface area contributed by atoms with Gasteiger partial charge in [-0.3, -0.25) is 14.7 Å². The fourth-order valence-corrected chi connectivity index (χ4v) is 4.42. The van der Waals surface area contributed by atoms with Crippen LogP contribution in [0.3, 0.4) is 0 Å². The summed E-state index contributed by atoms with van der Waals surface area (Å²) in [5.74, 6) is -0.889. The average molecular weight is 493 g/mol. The van der Waals surface area contributed by atoms with E-state index in [2.05, 4.69) is 9.98 Å². The highest BCUT2D eigenvalue weighted by Gasteiger charge is 2.65. The molecule has 1 aliphatic rings. The third kappa shape index (κ3) is 3.73. The smallest absolute Gasteiger partial charge is 0.310 e. The van der Waals surface area contributed by atoms with Gasteiger partial charge in [-0.2, -0.15) is 5.26 Å². The largest absolute Gasteiger partial charge is 0.369 e. The highest BCUT2D eigenvalue weighted by atomic mass is 32.5. The zero-order chi connectivity index (χ0) is 25.0. The van der Waals surface area contributed by atoms with Crippen molar-refractivity contribution in [2.24, 2.45) is 10.7 Å². The van der Waals surface area contributed by atoms with Crippen LogP contribution in [0.25, 0.3) is 11.1 Å². The first-order valence-electron chi connectivity index (χ1n) is 9.60. The predicted octanol–water partition coefficient (Wildman–Crippen LogP) is 5.31. The molecule has 1 unspecified atom stereocenters. The lowest BCUT2D eigenvalue weighted by atomic mass is 9.81. The number of benzene rings is 2. The quantitative estimate of drug-likeness (QED) is 0.499. The highest BCUT2D eigenvalue weighted by Crippen LogP contribution is 3.02. The molecule has 176 valence electrons. The number of nitrogens with two attached hydrogens (primary N) is 1. The van der Waals surface area contributed by atoms with E-state index >= 15 is 0 Å². The second kappa shape index (κ2) is 6.77. The molecule has 0 bridgehead atoms. The normalized spacial score (nSPS) is 20.3. The Morgan fingerprint density at radius 1 is 1.03 bits per heavy atom. The zero-order valence-electron chi connectivity index (χ0n) is 17.4. The molecule has 6 nitrogen and oxygen atoms in total. The zero-order valence-corrected chi connectivity index (χ0v) is 18.2. The lowest BCUT2D eigenvalue weighted by Gasteiger charge is -2.40. The Hall–Kier alpha value is -3.98. The number of aliphatic imine (C=N–C) groups is 1. The van der Waals surface area contributed by atoms with Crippen molar-refractivity contribution >= 4 is 22.1 Å². The number of amides is 1. The molecule has 2 aromatic carbocycles. The molecule has 4 rings (SSSR count). The third-order valence-electron chi connectivity index (χ3n) is 5.49. The molecule has 0 saturated heterocycles. The van der Waals surface area contributed by atoms with Crippen molar-refractivity contribution in [2.75, 3.05) is 7.05 Å². The van der Waals surface area contributed by atoms with E-state index in [0.717, 1.165) is 17.0 Å². The van der Waals surface area contributed by atoms with Gasteiger partial charge in [-0.25, -0.2) is 4.99 Å². The Balaban J connectivity index is 1.94. The van der Waals surface area contributed by atoms with E-state index in [1.165, 1.54) is 37.6 Å². The highest BCUT2D eigenvalue weighted by molar-refractivity contribution is 8.45. The number of pyridine rings is 1. The van der Waals surface area contributed by atoms with Gasteiger partial charge in [-0.05, 0) is 41.0 Å². The number of guanidine groups is 1. The summed E-state index contributed by atoms with van der Waals surface area (Å²) in [6.45, 7) is 0. The van der Waals surface area contributed by atoms with Gasteiger partial charge in [0.25, 0.3) is 5.91 Å².